The van der Waals surface area contributed by atoms with Gasteiger partial charge in [-0.15, -0.1) is 0 Å². The first-order chi connectivity index (χ1) is 13.5. The van der Waals surface area contributed by atoms with Gasteiger partial charge in [0.1, 0.15) is 11.5 Å². The molecule has 0 bridgehead atoms. The number of carbonyl (C=O) groups excluding carboxylic acids is 2. The van der Waals surface area contributed by atoms with E-state index in [-0.39, 0.29) is 18.2 Å². The highest BCUT2D eigenvalue weighted by atomic mass is 16.5. The molecule has 1 aliphatic rings. The lowest BCUT2D eigenvalue weighted by molar-refractivity contribution is -0.122. The Labute approximate surface area is 165 Å². The maximum atomic E-state index is 12.8. The number of benzene rings is 2. The molecule has 0 spiro atoms. The predicted molar refractivity (Wildman–Crippen MR) is 109 cm³/mol. The Bertz CT molecular complexity index is 865. The van der Waals surface area contributed by atoms with E-state index in [4.69, 9.17) is 9.47 Å². The average molecular weight is 382 g/mol. The molecule has 2 aromatic carbocycles. The fraction of sp³-hybridized carbons (Fsp3) is 0.364. The number of anilines is 2. The van der Waals surface area contributed by atoms with E-state index >= 15 is 0 Å². The zero-order valence-electron chi connectivity index (χ0n) is 16.5. The highest BCUT2D eigenvalue weighted by Crippen LogP contribution is 2.34. The molecule has 28 heavy (non-hydrogen) atoms. The minimum absolute atomic E-state index is 0.0837. The van der Waals surface area contributed by atoms with Crippen LogP contribution in [0, 0.1) is 12.8 Å². The van der Waals surface area contributed by atoms with Crippen molar-refractivity contribution in [1.29, 1.82) is 0 Å². The highest BCUT2D eigenvalue weighted by molar-refractivity contribution is 6.04. The Kier molecular flexibility index (Phi) is 6.19. The molecule has 1 saturated heterocycles. The number of nitrogens with one attached hydrogen (secondary N) is 1. The van der Waals surface area contributed by atoms with E-state index in [0.29, 0.717) is 36.0 Å². The van der Waals surface area contributed by atoms with E-state index in [0.717, 1.165) is 12.0 Å². The van der Waals surface area contributed by atoms with Crippen LogP contribution < -0.4 is 19.7 Å². The topological polar surface area (TPSA) is 67.9 Å². The monoisotopic (exact) mass is 382 g/mol. The van der Waals surface area contributed by atoms with Crippen LogP contribution in [-0.2, 0) is 9.59 Å². The van der Waals surface area contributed by atoms with Gasteiger partial charge < -0.3 is 19.7 Å². The van der Waals surface area contributed by atoms with Crippen LogP contribution in [0.4, 0.5) is 11.4 Å². The summed E-state index contributed by atoms with van der Waals surface area (Å²) in [5.41, 5.74) is 2.35. The molecule has 1 atom stereocenters. The van der Waals surface area contributed by atoms with Gasteiger partial charge in [0.15, 0.2) is 0 Å². The van der Waals surface area contributed by atoms with Crippen molar-refractivity contribution in [1.82, 2.24) is 0 Å². The zero-order chi connectivity index (χ0) is 20.1. The van der Waals surface area contributed by atoms with Gasteiger partial charge in [-0.1, -0.05) is 25.1 Å². The Morgan fingerprint density at radius 2 is 2.00 bits per heavy atom. The number of amides is 2. The van der Waals surface area contributed by atoms with E-state index in [2.05, 4.69) is 5.32 Å². The summed E-state index contributed by atoms with van der Waals surface area (Å²) in [6.45, 7) is 4.89. The van der Waals surface area contributed by atoms with Crippen molar-refractivity contribution in [3.05, 3.63) is 48.0 Å². The number of ether oxygens (including phenoxy) is 2. The maximum Gasteiger partial charge on any atom is 0.229 e. The standard InChI is InChI=1S/C22H26N2O4/c1-4-11-28-19-8-6-5-7-17(19)23-22(26)16-13-21(25)24(14-16)18-12-15(2)9-10-20(18)27-3/h5-10,12,16H,4,11,13-14H2,1-3H3,(H,23,26). The number of methoxy groups -OCH3 is 1. The Hall–Kier alpha value is -3.02. The average Bonchev–Trinajstić information content (AvgIpc) is 3.09. The molecule has 2 aromatic rings. The quantitative estimate of drug-likeness (QED) is 0.791. The second kappa shape index (κ2) is 8.78. The Balaban J connectivity index is 1.74. The number of hydrogen-bond acceptors (Lipinski definition) is 4. The normalized spacial score (nSPS) is 16.2. The minimum atomic E-state index is -0.433. The first-order valence-corrected chi connectivity index (χ1v) is 9.51. The summed E-state index contributed by atoms with van der Waals surface area (Å²) in [7, 11) is 1.58. The molecule has 148 valence electrons. The number of aryl methyl sites for hydroxylation is 1. The summed E-state index contributed by atoms with van der Waals surface area (Å²) < 4.78 is 11.1. The van der Waals surface area contributed by atoms with Crippen molar-refractivity contribution in [3.8, 4) is 11.5 Å². The van der Waals surface area contributed by atoms with Crippen LogP contribution in [0.2, 0.25) is 0 Å². The molecule has 2 amide bonds. The molecular formula is C22H26N2O4. The van der Waals surface area contributed by atoms with Crippen molar-refractivity contribution in [2.45, 2.75) is 26.7 Å². The summed E-state index contributed by atoms with van der Waals surface area (Å²) in [5, 5.41) is 2.92. The van der Waals surface area contributed by atoms with E-state index < -0.39 is 5.92 Å². The molecule has 1 fully saturated rings. The molecule has 1 heterocycles. The van der Waals surface area contributed by atoms with Crippen molar-refractivity contribution >= 4 is 23.2 Å². The Morgan fingerprint density at radius 3 is 2.75 bits per heavy atom. The largest absolute Gasteiger partial charge is 0.495 e. The van der Waals surface area contributed by atoms with Crippen LogP contribution >= 0.6 is 0 Å². The van der Waals surface area contributed by atoms with Crippen LogP contribution in [-0.4, -0.2) is 32.1 Å². The second-order valence-electron chi connectivity index (χ2n) is 6.91. The van der Waals surface area contributed by atoms with Crippen LogP contribution in [0.5, 0.6) is 11.5 Å². The second-order valence-corrected chi connectivity index (χ2v) is 6.91. The summed E-state index contributed by atoms with van der Waals surface area (Å²) in [6.07, 6.45) is 1.05. The van der Waals surface area contributed by atoms with Gasteiger partial charge in [0.2, 0.25) is 11.8 Å². The van der Waals surface area contributed by atoms with Crippen LogP contribution in [0.25, 0.3) is 0 Å². The van der Waals surface area contributed by atoms with Gasteiger partial charge in [-0.2, -0.15) is 0 Å². The molecule has 6 heteroatoms. The third-order valence-corrected chi connectivity index (χ3v) is 4.73. The van der Waals surface area contributed by atoms with E-state index in [1.165, 1.54) is 0 Å². The molecular weight excluding hydrogens is 356 g/mol. The molecule has 6 nitrogen and oxygen atoms in total. The van der Waals surface area contributed by atoms with Crippen LogP contribution in [0.3, 0.4) is 0 Å². The third-order valence-electron chi connectivity index (χ3n) is 4.73. The number of para-hydroxylation sites is 2. The van der Waals surface area contributed by atoms with Gasteiger partial charge in [0, 0.05) is 13.0 Å². The minimum Gasteiger partial charge on any atom is -0.495 e. The molecule has 1 aliphatic heterocycles. The van der Waals surface area contributed by atoms with Crippen molar-refractivity contribution < 1.29 is 19.1 Å². The summed E-state index contributed by atoms with van der Waals surface area (Å²) in [5.74, 6) is 0.559. The number of rotatable bonds is 7. The zero-order valence-corrected chi connectivity index (χ0v) is 16.5. The van der Waals surface area contributed by atoms with Crippen LogP contribution in [0.15, 0.2) is 42.5 Å². The lowest BCUT2D eigenvalue weighted by Crippen LogP contribution is -2.28. The molecule has 0 aliphatic carbocycles. The SMILES string of the molecule is CCCOc1ccccc1NC(=O)C1CC(=O)N(c2cc(C)ccc2OC)C1. The molecule has 0 radical (unpaired) electrons. The number of carbonyl (C=O) groups is 2. The maximum absolute atomic E-state index is 12.8. The van der Waals surface area contributed by atoms with Crippen LogP contribution in [0.1, 0.15) is 25.3 Å². The van der Waals surface area contributed by atoms with Gasteiger partial charge in [-0.25, -0.2) is 0 Å². The predicted octanol–water partition coefficient (Wildman–Crippen LogP) is 3.78. The fourth-order valence-electron chi connectivity index (χ4n) is 3.27. The van der Waals surface area contributed by atoms with Gasteiger partial charge in [-0.05, 0) is 43.2 Å². The number of hydrogen-bond donors (Lipinski definition) is 1. The highest BCUT2D eigenvalue weighted by Gasteiger charge is 2.36. The molecule has 0 saturated carbocycles. The first-order valence-electron chi connectivity index (χ1n) is 9.51. The van der Waals surface area contributed by atoms with E-state index in [1.54, 1.807) is 18.1 Å². The first kappa shape index (κ1) is 19.7. The van der Waals surface area contributed by atoms with E-state index in [1.807, 2.05) is 50.2 Å². The molecule has 1 N–H and O–H groups in total. The lowest BCUT2D eigenvalue weighted by Gasteiger charge is -2.20. The summed E-state index contributed by atoms with van der Waals surface area (Å²) >= 11 is 0. The molecule has 0 aromatic heterocycles. The van der Waals surface area contributed by atoms with Gasteiger partial charge >= 0.3 is 0 Å². The van der Waals surface area contributed by atoms with Gasteiger partial charge in [-0.3, -0.25) is 9.59 Å². The van der Waals surface area contributed by atoms with Crippen molar-refractivity contribution in [3.63, 3.8) is 0 Å². The van der Waals surface area contributed by atoms with Crippen molar-refractivity contribution in [2.75, 3.05) is 30.5 Å². The Morgan fingerprint density at radius 1 is 1.21 bits per heavy atom. The van der Waals surface area contributed by atoms with Gasteiger partial charge in [0.25, 0.3) is 0 Å². The lowest BCUT2D eigenvalue weighted by atomic mass is 10.1. The van der Waals surface area contributed by atoms with Crippen molar-refractivity contribution in [2.24, 2.45) is 5.92 Å². The third kappa shape index (κ3) is 4.27. The fourth-order valence-corrected chi connectivity index (χ4v) is 3.27. The smallest absolute Gasteiger partial charge is 0.229 e. The summed E-state index contributed by atoms with van der Waals surface area (Å²) in [4.78, 5) is 27.0. The van der Waals surface area contributed by atoms with Gasteiger partial charge in [0.05, 0.1) is 31.0 Å². The molecule has 1 unspecified atom stereocenters. The molecule has 3 rings (SSSR count). The van der Waals surface area contributed by atoms with E-state index in [9.17, 15) is 9.59 Å². The summed E-state index contributed by atoms with van der Waals surface area (Å²) in [6, 6.07) is 13.0. The number of nitrogens with zero attached hydrogens (tertiary/aromatic N) is 1.